The second kappa shape index (κ2) is 5.70. The predicted molar refractivity (Wildman–Crippen MR) is 65.1 cm³/mol. The maximum absolute atomic E-state index is 6.11. The number of halogens is 1. The maximum atomic E-state index is 6.11. The van der Waals surface area contributed by atoms with E-state index in [2.05, 4.69) is 10.5 Å². The number of rotatable bonds is 5. The van der Waals surface area contributed by atoms with Crippen molar-refractivity contribution >= 4 is 11.6 Å². The molecule has 0 spiro atoms. The first-order valence-electron chi connectivity index (χ1n) is 5.23. The molecule has 0 fully saturated rings. The van der Waals surface area contributed by atoms with Crippen LogP contribution in [0.2, 0.25) is 5.02 Å². The molecule has 5 heteroatoms. The van der Waals surface area contributed by atoms with Gasteiger partial charge in [0, 0.05) is 23.2 Å². The van der Waals surface area contributed by atoms with Gasteiger partial charge in [0.05, 0.1) is 19.9 Å². The number of hydrogen-bond acceptors (Lipinski definition) is 4. The lowest BCUT2D eigenvalue weighted by Crippen LogP contribution is -2.13. The van der Waals surface area contributed by atoms with Crippen molar-refractivity contribution in [2.24, 2.45) is 0 Å². The highest BCUT2D eigenvalue weighted by molar-refractivity contribution is 6.31. The summed E-state index contributed by atoms with van der Waals surface area (Å²) >= 11 is 6.11. The molecule has 1 aromatic heterocycles. The number of methoxy groups -OCH3 is 1. The summed E-state index contributed by atoms with van der Waals surface area (Å²) in [5.41, 5.74) is 0.941. The smallest absolute Gasteiger partial charge is 0.150 e. The Balaban J connectivity index is 1.98. The normalized spacial score (nSPS) is 10.5. The fourth-order valence-corrected chi connectivity index (χ4v) is 1.78. The second-order valence-corrected chi connectivity index (χ2v) is 3.91. The third-order valence-electron chi connectivity index (χ3n) is 2.39. The second-order valence-electron chi connectivity index (χ2n) is 3.50. The molecule has 17 heavy (non-hydrogen) atoms. The molecule has 0 aliphatic heterocycles. The first-order chi connectivity index (χ1) is 8.31. The summed E-state index contributed by atoms with van der Waals surface area (Å²) in [6.45, 7) is 1.22. The van der Waals surface area contributed by atoms with Gasteiger partial charge in [-0.15, -0.1) is 0 Å². The van der Waals surface area contributed by atoms with Crippen molar-refractivity contribution in [3.63, 3.8) is 0 Å². The lowest BCUT2D eigenvalue weighted by molar-refractivity contribution is 0.371. The van der Waals surface area contributed by atoms with Crippen LogP contribution in [0.15, 0.2) is 35.0 Å². The lowest BCUT2D eigenvalue weighted by Gasteiger charge is -2.10. The minimum atomic E-state index is 0.606. The maximum Gasteiger partial charge on any atom is 0.150 e. The highest BCUT2D eigenvalue weighted by Crippen LogP contribution is 2.25. The fraction of sp³-hybridized carbons (Fsp3) is 0.250. The number of hydrogen-bond donors (Lipinski definition) is 1. The molecule has 2 aromatic rings. The minimum absolute atomic E-state index is 0.606. The third-order valence-corrected chi connectivity index (χ3v) is 2.74. The van der Waals surface area contributed by atoms with Crippen LogP contribution in [0, 0.1) is 0 Å². The van der Waals surface area contributed by atoms with E-state index in [-0.39, 0.29) is 0 Å². The van der Waals surface area contributed by atoms with Crippen LogP contribution in [0.25, 0.3) is 0 Å². The van der Waals surface area contributed by atoms with E-state index in [4.69, 9.17) is 20.9 Å². The number of benzene rings is 1. The Hall–Kier alpha value is -1.52. The van der Waals surface area contributed by atoms with Crippen molar-refractivity contribution in [3.05, 3.63) is 46.8 Å². The van der Waals surface area contributed by atoms with Crippen molar-refractivity contribution in [2.75, 3.05) is 7.11 Å². The average Bonchev–Trinajstić information content (AvgIpc) is 2.84. The van der Waals surface area contributed by atoms with Gasteiger partial charge in [-0.3, -0.25) is 0 Å². The molecule has 0 saturated heterocycles. The highest BCUT2D eigenvalue weighted by Gasteiger charge is 2.07. The zero-order valence-corrected chi connectivity index (χ0v) is 10.2. The van der Waals surface area contributed by atoms with Crippen LogP contribution in [0.5, 0.6) is 5.75 Å². The Morgan fingerprint density at radius 3 is 2.94 bits per heavy atom. The SMILES string of the molecule is COc1cccc(Cl)c1CNCc1ccno1. The van der Waals surface area contributed by atoms with Crippen LogP contribution in [-0.2, 0) is 13.1 Å². The molecule has 0 atom stereocenters. The summed E-state index contributed by atoms with van der Waals surface area (Å²) in [5, 5.41) is 7.54. The quantitative estimate of drug-likeness (QED) is 0.889. The van der Waals surface area contributed by atoms with E-state index in [1.54, 1.807) is 13.3 Å². The van der Waals surface area contributed by atoms with Crippen LogP contribution in [0.4, 0.5) is 0 Å². The number of ether oxygens (including phenoxy) is 1. The summed E-state index contributed by atoms with van der Waals surface area (Å²) in [7, 11) is 1.63. The third kappa shape index (κ3) is 2.99. The van der Waals surface area contributed by atoms with Crippen molar-refractivity contribution in [1.29, 1.82) is 0 Å². The number of nitrogens with one attached hydrogen (secondary N) is 1. The van der Waals surface area contributed by atoms with Gasteiger partial charge in [-0.1, -0.05) is 22.8 Å². The van der Waals surface area contributed by atoms with E-state index in [1.165, 1.54) is 0 Å². The van der Waals surface area contributed by atoms with Gasteiger partial charge in [0.2, 0.25) is 0 Å². The fourth-order valence-electron chi connectivity index (χ4n) is 1.55. The highest BCUT2D eigenvalue weighted by atomic mass is 35.5. The zero-order valence-electron chi connectivity index (χ0n) is 9.44. The average molecular weight is 253 g/mol. The molecule has 1 heterocycles. The van der Waals surface area contributed by atoms with Crippen molar-refractivity contribution in [1.82, 2.24) is 10.5 Å². The molecule has 0 saturated carbocycles. The van der Waals surface area contributed by atoms with Crippen LogP contribution in [-0.4, -0.2) is 12.3 Å². The molecular formula is C12H13ClN2O2. The molecule has 4 nitrogen and oxygen atoms in total. The van der Waals surface area contributed by atoms with E-state index in [9.17, 15) is 0 Å². The molecule has 0 bridgehead atoms. The molecule has 2 rings (SSSR count). The van der Waals surface area contributed by atoms with Gasteiger partial charge in [-0.2, -0.15) is 0 Å². The molecule has 0 amide bonds. The van der Waals surface area contributed by atoms with Crippen molar-refractivity contribution in [3.8, 4) is 5.75 Å². The van der Waals surface area contributed by atoms with E-state index < -0.39 is 0 Å². The topological polar surface area (TPSA) is 47.3 Å². The van der Waals surface area contributed by atoms with Crippen molar-refractivity contribution in [2.45, 2.75) is 13.1 Å². The molecule has 0 aliphatic carbocycles. The summed E-state index contributed by atoms with van der Waals surface area (Å²) in [6.07, 6.45) is 1.62. The molecule has 0 aliphatic rings. The monoisotopic (exact) mass is 252 g/mol. The molecule has 0 radical (unpaired) electrons. The Morgan fingerprint density at radius 2 is 2.24 bits per heavy atom. The van der Waals surface area contributed by atoms with Crippen LogP contribution in [0.1, 0.15) is 11.3 Å². The molecular weight excluding hydrogens is 240 g/mol. The van der Waals surface area contributed by atoms with E-state index in [0.717, 1.165) is 17.1 Å². The number of aromatic nitrogens is 1. The standard InChI is InChI=1S/C12H13ClN2O2/c1-16-12-4-2-3-11(13)10(12)8-14-7-9-5-6-15-17-9/h2-6,14H,7-8H2,1H3. The Kier molecular flexibility index (Phi) is 4.01. The molecule has 0 unspecified atom stereocenters. The Morgan fingerprint density at radius 1 is 1.35 bits per heavy atom. The van der Waals surface area contributed by atoms with Gasteiger partial charge in [0.15, 0.2) is 0 Å². The number of nitrogens with zero attached hydrogens (tertiary/aromatic N) is 1. The van der Waals surface area contributed by atoms with E-state index >= 15 is 0 Å². The Labute approximate surface area is 105 Å². The summed E-state index contributed by atoms with van der Waals surface area (Å²) < 4.78 is 10.2. The summed E-state index contributed by atoms with van der Waals surface area (Å²) in [5.74, 6) is 1.57. The summed E-state index contributed by atoms with van der Waals surface area (Å²) in [6, 6.07) is 7.41. The van der Waals surface area contributed by atoms with Crippen molar-refractivity contribution < 1.29 is 9.26 Å². The Bertz CT molecular complexity index is 471. The van der Waals surface area contributed by atoms with Gasteiger partial charge >= 0.3 is 0 Å². The van der Waals surface area contributed by atoms with Crippen LogP contribution < -0.4 is 10.1 Å². The van der Waals surface area contributed by atoms with Crippen LogP contribution >= 0.6 is 11.6 Å². The minimum Gasteiger partial charge on any atom is -0.496 e. The zero-order chi connectivity index (χ0) is 12.1. The van der Waals surface area contributed by atoms with Gasteiger partial charge in [-0.25, -0.2) is 0 Å². The van der Waals surface area contributed by atoms with Gasteiger partial charge in [0.25, 0.3) is 0 Å². The first kappa shape index (κ1) is 12.0. The molecule has 1 aromatic carbocycles. The largest absolute Gasteiger partial charge is 0.496 e. The predicted octanol–water partition coefficient (Wildman–Crippen LogP) is 2.63. The van der Waals surface area contributed by atoms with Gasteiger partial charge < -0.3 is 14.6 Å². The van der Waals surface area contributed by atoms with E-state index in [0.29, 0.717) is 18.1 Å². The van der Waals surface area contributed by atoms with Gasteiger partial charge in [0.1, 0.15) is 11.5 Å². The van der Waals surface area contributed by atoms with E-state index in [1.807, 2.05) is 24.3 Å². The van der Waals surface area contributed by atoms with Crippen LogP contribution in [0.3, 0.4) is 0 Å². The lowest BCUT2D eigenvalue weighted by atomic mass is 10.2. The summed E-state index contributed by atoms with van der Waals surface area (Å²) in [4.78, 5) is 0. The van der Waals surface area contributed by atoms with Gasteiger partial charge in [-0.05, 0) is 12.1 Å². The first-order valence-corrected chi connectivity index (χ1v) is 5.60. The molecule has 90 valence electrons. The molecule has 1 N–H and O–H groups in total.